The molecule has 0 amide bonds. The number of aryl methyl sites for hydroxylation is 1. The third-order valence-electron chi connectivity index (χ3n) is 4.27. The molecule has 0 radical (unpaired) electrons. The second kappa shape index (κ2) is 6.24. The molecule has 0 saturated heterocycles. The summed E-state index contributed by atoms with van der Waals surface area (Å²) in [6.07, 6.45) is 3.15. The number of sulfonamides is 1. The van der Waals surface area contributed by atoms with Gasteiger partial charge in [0.1, 0.15) is 0 Å². The first-order valence-corrected chi connectivity index (χ1v) is 8.75. The lowest BCUT2D eigenvalue weighted by molar-refractivity contribution is 0.127. The van der Waals surface area contributed by atoms with Crippen LogP contribution < -0.4 is 4.72 Å². The summed E-state index contributed by atoms with van der Waals surface area (Å²) >= 11 is 0. The molecule has 2 atom stereocenters. The Morgan fingerprint density at radius 1 is 1.35 bits per heavy atom. The van der Waals surface area contributed by atoms with Crippen LogP contribution >= 0.6 is 0 Å². The maximum Gasteiger partial charge on any atom is 0.212 e. The highest BCUT2D eigenvalue weighted by molar-refractivity contribution is 7.89. The fraction of sp³-hybridized carbons (Fsp3) is 0.600. The highest BCUT2D eigenvalue weighted by Crippen LogP contribution is 2.37. The van der Waals surface area contributed by atoms with E-state index in [-0.39, 0.29) is 23.8 Å². The van der Waals surface area contributed by atoms with Gasteiger partial charge in [0.25, 0.3) is 0 Å². The Bertz CT molecular complexity index is 529. The van der Waals surface area contributed by atoms with Gasteiger partial charge in [0.15, 0.2) is 0 Å². The molecule has 1 saturated carbocycles. The molecule has 0 bridgehead atoms. The number of rotatable bonds is 6. The minimum absolute atomic E-state index is 0.0267. The maximum absolute atomic E-state index is 12.2. The van der Waals surface area contributed by atoms with Crippen molar-refractivity contribution in [1.82, 2.24) is 4.72 Å². The summed E-state index contributed by atoms with van der Waals surface area (Å²) in [5.41, 5.74) is 0.703. The van der Waals surface area contributed by atoms with Gasteiger partial charge in [-0.2, -0.15) is 0 Å². The summed E-state index contributed by atoms with van der Waals surface area (Å²) in [5.74, 6) is 0.0923. The maximum atomic E-state index is 12.2. The van der Waals surface area contributed by atoms with Crippen molar-refractivity contribution in [3.8, 4) is 0 Å². The van der Waals surface area contributed by atoms with Gasteiger partial charge >= 0.3 is 0 Å². The summed E-state index contributed by atoms with van der Waals surface area (Å²) in [6.45, 7) is 1.98. The quantitative estimate of drug-likeness (QED) is 0.840. The van der Waals surface area contributed by atoms with Crippen molar-refractivity contribution in [2.24, 2.45) is 5.41 Å². The predicted molar refractivity (Wildman–Crippen MR) is 79.9 cm³/mol. The van der Waals surface area contributed by atoms with Crippen LogP contribution in [0.4, 0.5) is 0 Å². The van der Waals surface area contributed by atoms with Crippen molar-refractivity contribution in [3.63, 3.8) is 0 Å². The molecule has 20 heavy (non-hydrogen) atoms. The van der Waals surface area contributed by atoms with Crippen LogP contribution in [0.2, 0.25) is 0 Å². The van der Waals surface area contributed by atoms with Crippen LogP contribution in [0.1, 0.15) is 31.7 Å². The van der Waals surface area contributed by atoms with Gasteiger partial charge in [-0.15, -0.1) is 0 Å². The summed E-state index contributed by atoms with van der Waals surface area (Å²) in [5, 5.41) is 9.47. The molecular formula is C15H23NO3S. The number of benzene rings is 1. The smallest absolute Gasteiger partial charge is 0.212 e. The van der Waals surface area contributed by atoms with E-state index in [0.717, 1.165) is 24.8 Å². The molecule has 4 nitrogen and oxygen atoms in total. The topological polar surface area (TPSA) is 66.4 Å². The number of hydrogen-bond acceptors (Lipinski definition) is 3. The molecule has 1 aromatic rings. The first-order chi connectivity index (χ1) is 9.45. The Labute approximate surface area is 121 Å². The van der Waals surface area contributed by atoms with Crippen molar-refractivity contribution < 1.29 is 13.5 Å². The van der Waals surface area contributed by atoms with Gasteiger partial charge in [-0.05, 0) is 24.8 Å². The number of aliphatic hydroxyl groups is 1. The summed E-state index contributed by atoms with van der Waals surface area (Å²) < 4.78 is 27.1. The molecule has 1 aliphatic rings. The zero-order chi connectivity index (χ0) is 14.6. The summed E-state index contributed by atoms with van der Waals surface area (Å²) in [4.78, 5) is 0. The molecular weight excluding hydrogens is 274 g/mol. The third-order valence-corrected chi connectivity index (χ3v) is 5.65. The van der Waals surface area contributed by atoms with Gasteiger partial charge < -0.3 is 5.11 Å². The first-order valence-electron chi connectivity index (χ1n) is 7.10. The van der Waals surface area contributed by atoms with E-state index in [4.69, 9.17) is 0 Å². The van der Waals surface area contributed by atoms with E-state index in [2.05, 4.69) is 4.72 Å². The number of nitrogens with one attached hydrogen (secondary N) is 1. The highest BCUT2D eigenvalue weighted by atomic mass is 32.2. The summed E-state index contributed by atoms with van der Waals surface area (Å²) in [7, 11) is -3.31. The molecule has 2 N–H and O–H groups in total. The fourth-order valence-electron chi connectivity index (χ4n) is 2.80. The standard InChI is InChI=1S/C15H23NO3S/c1-15(12-17)10-5-8-14(15)16-20(18,19)11-9-13-6-3-2-4-7-13/h2-4,6-7,14,16-17H,5,8-12H2,1H3. The highest BCUT2D eigenvalue weighted by Gasteiger charge is 2.40. The van der Waals surface area contributed by atoms with Crippen molar-refractivity contribution >= 4 is 10.0 Å². The van der Waals surface area contributed by atoms with Gasteiger partial charge in [0.2, 0.25) is 10.0 Å². The minimum Gasteiger partial charge on any atom is -0.396 e. The SMILES string of the molecule is CC1(CO)CCCC1NS(=O)(=O)CCc1ccccc1. The van der Waals surface area contributed by atoms with Gasteiger partial charge in [0.05, 0.1) is 5.75 Å². The Kier molecular flexibility index (Phi) is 4.83. The Balaban J connectivity index is 1.94. The number of aliphatic hydroxyl groups excluding tert-OH is 1. The second-order valence-electron chi connectivity index (χ2n) is 5.93. The molecule has 0 spiro atoms. The second-order valence-corrected chi connectivity index (χ2v) is 7.80. The Hall–Kier alpha value is -0.910. The normalized spacial score (nSPS) is 26.8. The van der Waals surface area contributed by atoms with Crippen LogP contribution in [-0.2, 0) is 16.4 Å². The van der Waals surface area contributed by atoms with Gasteiger partial charge in [-0.1, -0.05) is 43.7 Å². The Morgan fingerprint density at radius 2 is 2.05 bits per heavy atom. The van der Waals surface area contributed by atoms with Gasteiger partial charge in [-0.3, -0.25) is 0 Å². The lowest BCUT2D eigenvalue weighted by Crippen LogP contribution is -2.45. The van der Waals surface area contributed by atoms with E-state index in [9.17, 15) is 13.5 Å². The third kappa shape index (κ3) is 3.81. The zero-order valence-corrected chi connectivity index (χ0v) is 12.7. The zero-order valence-electron chi connectivity index (χ0n) is 11.9. The molecule has 1 aromatic carbocycles. The van der Waals surface area contributed by atoms with Gasteiger partial charge in [0, 0.05) is 18.1 Å². The molecule has 1 aliphatic carbocycles. The molecule has 0 aromatic heterocycles. The fourth-order valence-corrected chi connectivity index (χ4v) is 4.25. The lowest BCUT2D eigenvalue weighted by atomic mass is 9.86. The monoisotopic (exact) mass is 297 g/mol. The van der Waals surface area contributed by atoms with E-state index in [0.29, 0.717) is 6.42 Å². The van der Waals surface area contributed by atoms with E-state index in [1.807, 2.05) is 37.3 Å². The minimum atomic E-state index is -3.31. The van der Waals surface area contributed by atoms with Crippen LogP contribution in [0, 0.1) is 5.41 Å². The molecule has 1 fully saturated rings. The molecule has 0 heterocycles. The molecule has 112 valence electrons. The largest absolute Gasteiger partial charge is 0.396 e. The van der Waals surface area contributed by atoms with E-state index in [1.54, 1.807) is 0 Å². The molecule has 2 unspecified atom stereocenters. The average molecular weight is 297 g/mol. The van der Waals surface area contributed by atoms with Crippen LogP contribution in [0.3, 0.4) is 0 Å². The van der Waals surface area contributed by atoms with Crippen LogP contribution in [0.5, 0.6) is 0 Å². The van der Waals surface area contributed by atoms with E-state index in [1.165, 1.54) is 0 Å². The van der Waals surface area contributed by atoms with Crippen LogP contribution in [0.15, 0.2) is 30.3 Å². The Morgan fingerprint density at radius 3 is 2.70 bits per heavy atom. The predicted octanol–water partition coefficient (Wildman–Crippen LogP) is 1.70. The van der Waals surface area contributed by atoms with Crippen molar-refractivity contribution in [1.29, 1.82) is 0 Å². The molecule has 2 rings (SSSR count). The average Bonchev–Trinajstić information content (AvgIpc) is 2.79. The first kappa shape index (κ1) is 15.5. The number of hydrogen-bond donors (Lipinski definition) is 2. The van der Waals surface area contributed by atoms with Crippen molar-refractivity contribution in [2.45, 2.75) is 38.6 Å². The molecule has 0 aliphatic heterocycles. The van der Waals surface area contributed by atoms with E-state index < -0.39 is 10.0 Å². The van der Waals surface area contributed by atoms with E-state index >= 15 is 0 Å². The summed E-state index contributed by atoms with van der Waals surface area (Å²) in [6, 6.07) is 9.46. The molecule has 5 heteroatoms. The van der Waals surface area contributed by atoms with Crippen molar-refractivity contribution in [2.75, 3.05) is 12.4 Å². The van der Waals surface area contributed by atoms with Crippen molar-refractivity contribution in [3.05, 3.63) is 35.9 Å². The van der Waals surface area contributed by atoms with Gasteiger partial charge in [-0.25, -0.2) is 13.1 Å². The van der Waals surface area contributed by atoms with Crippen LogP contribution in [0.25, 0.3) is 0 Å². The van der Waals surface area contributed by atoms with Crippen LogP contribution in [-0.4, -0.2) is 31.9 Å². The lowest BCUT2D eigenvalue weighted by Gasteiger charge is -2.29.